The second-order valence-electron chi connectivity index (χ2n) is 9.67. The molecule has 8 heteroatoms. The summed E-state index contributed by atoms with van der Waals surface area (Å²) < 4.78 is 29.0. The highest BCUT2D eigenvalue weighted by molar-refractivity contribution is 7.90. The lowest BCUT2D eigenvalue weighted by atomic mass is 10.1. The molecule has 0 bridgehead atoms. The summed E-state index contributed by atoms with van der Waals surface area (Å²) in [5.74, 6) is 0.296. The molecule has 188 valence electrons. The minimum absolute atomic E-state index is 0.0893. The maximum absolute atomic E-state index is 13.6. The average Bonchev–Trinajstić information content (AvgIpc) is 3.18. The molecule has 2 aromatic carbocycles. The van der Waals surface area contributed by atoms with E-state index < -0.39 is 9.84 Å². The minimum atomic E-state index is -3.68. The van der Waals surface area contributed by atoms with Crippen molar-refractivity contribution in [3.63, 3.8) is 0 Å². The van der Waals surface area contributed by atoms with Gasteiger partial charge in [-0.25, -0.2) is 13.4 Å². The van der Waals surface area contributed by atoms with Gasteiger partial charge in [0.05, 0.1) is 30.7 Å². The zero-order valence-electron chi connectivity index (χ0n) is 21.2. The SMILES string of the molecule is Cc1ccccc1CS(=O)(=O)c1ncc(CN(CC(C)C)C(=S)NC(C)C)n1Cc1ccccc1. The van der Waals surface area contributed by atoms with E-state index in [4.69, 9.17) is 12.2 Å². The number of nitrogens with one attached hydrogen (secondary N) is 1. The monoisotopic (exact) mass is 512 g/mol. The summed E-state index contributed by atoms with van der Waals surface area (Å²) in [5.41, 5.74) is 3.56. The quantitative estimate of drug-likeness (QED) is 0.388. The molecule has 0 saturated heterocycles. The molecular formula is C27H36N4O2S2. The third-order valence-electron chi connectivity index (χ3n) is 5.61. The third-order valence-corrected chi connectivity index (χ3v) is 7.56. The molecule has 1 aromatic heterocycles. The Morgan fingerprint density at radius 3 is 2.34 bits per heavy atom. The molecule has 0 amide bonds. The van der Waals surface area contributed by atoms with Gasteiger partial charge in [0, 0.05) is 12.6 Å². The van der Waals surface area contributed by atoms with E-state index >= 15 is 0 Å². The van der Waals surface area contributed by atoms with Crippen LogP contribution in [-0.4, -0.2) is 40.6 Å². The normalized spacial score (nSPS) is 11.7. The Morgan fingerprint density at radius 1 is 1.06 bits per heavy atom. The van der Waals surface area contributed by atoms with Crippen LogP contribution in [0, 0.1) is 12.8 Å². The predicted molar refractivity (Wildman–Crippen MR) is 146 cm³/mol. The average molecular weight is 513 g/mol. The summed E-state index contributed by atoms with van der Waals surface area (Å²) in [6, 6.07) is 17.6. The van der Waals surface area contributed by atoms with Crippen LogP contribution in [0.15, 0.2) is 66.0 Å². The fourth-order valence-electron chi connectivity index (χ4n) is 3.94. The molecule has 6 nitrogen and oxygen atoms in total. The zero-order chi connectivity index (χ0) is 25.6. The van der Waals surface area contributed by atoms with E-state index in [0.29, 0.717) is 24.1 Å². The number of aryl methyl sites for hydroxylation is 1. The Morgan fingerprint density at radius 2 is 1.71 bits per heavy atom. The van der Waals surface area contributed by atoms with Crippen LogP contribution in [0.1, 0.15) is 50.1 Å². The van der Waals surface area contributed by atoms with Crippen LogP contribution in [0.3, 0.4) is 0 Å². The van der Waals surface area contributed by atoms with Gasteiger partial charge in [-0.1, -0.05) is 68.4 Å². The second-order valence-corrected chi connectivity index (χ2v) is 11.9. The van der Waals surface area contributed by atoms with E-state index in [0.717, 1.165) is 28.9 Å². The molecule has 3 aromatic rings. The van der Waals surface area contributed by atoms with Crippen LogP contribution in [0.25, 0.3) is 0 Å². The van der Waals surface area contributed by atoms with Crippen molar-refractivity contribution < 1.29 is 8.42 Å². The van der Waals surface area contributed by atoms with E-state index in [1.54, 1.807) is 6.20 Å². The summed E-state index contributed by atoms with van der Waals surface area (Å²) in [7, 11) is -3.68. The first-order chi connectivity index (χ1) is 16.6. The molecule has 0 radical (unpaired) electrons. The summed E-state index contributed by atoms with van der Waals surface area (Å²) >= 11 is 5.69. The summed E-state index contributed by atoms with van der Waals surface area (Å²) in [4.78, 5) is 6.54. The number of imidazole rings is 1. The minimum Gasteiger partial charge on any atom is -0.360 e. The standard InChI is InChI=1S/C27H36N4O2S2/c1-20(2)16-30(26(34)29-21(3)4)18-25-15-28-27(31(25)17-23-12-7-6-8-13-23)35(32,33)19-24-14-10-9-11-22(24)5/h6-15,20-21H,16-19H2,1-5H3,(H,29,34). The molecular weight excluding hydrogens is 476 g/mol. The molecule has 1 heterocycles. The lowest BCUT2D eigenvalue weighted by Crippen LogP contribution is -2.44. The molecule has 0 aliphatic carbocycles. The van der Waals surface area contributed by atoms with Crippen molar-refractivity contribution in [3.05, 3.63) is 83.2 Å². The predicted octanol–water partition coefficient (Wildman–Crippen LogP) is 4.95. The highest BCUT2D eigenvalue weighted by Gasteiger charge is 2.26. The van der Waals surface area contributed by atoms with E-state index in [9.17, 15) is 8.42 Å². The Kier molecular flexibility index (Phi) is 9.08. The molecule has 1 N–H and O–H groups in total. The second kappa shape index (κ2) is 11.8. The molecule has 0 saturated carbocycles. The van der Waals surface area contributed by atoms with Gasteiger partial charge in [-0.3, -0.25) is 0 Å². The van der Waals surface area contributed by atoms with Crippen LogP contribution in [0.2, 0.25) is 0 Å². The van der Waals surface area contributed by atoms with Gasteiger partial charge < -0.3 is 14.8 Å². The number of hydrogen-bond donors (Lipinski definition) is 1. The highest BCUT2D eigenvalue weighted by Crippen LogP contribution is 2.22. The van der Waals surface area contributed by atoms with Gasteiger partial charge in [0.2, 0.25) is 15.0 Å². The number of sulfone groups is 1. The number of hydrogen-bond acceptors (Lipinski definition) is 4. The van der Waals surface area contributed by atoms with E-state index in [2.05, 4.69) is 42.9 Å². The topological polar surface area (TPSA) is 67.2 Å². The summed E-state index contributed by atoms with van der Waals surface area (Å²) in [6.45, 7) is 12.0. The van der Waals surface area contributed by atoms with Crippen molar-refractivity contribution >= 4 is 27.2 Å². The van der Waals surface area contributed by atoms with Crippen molar-refractivity contribution in [1.82, 2.24) is 19.8 Å². The Hall–Kier alpha value is -2.71. The number of thiocarbonyl (C=S) groups is 1. The largest absolute Gasteiger partial charge is 0.360 e. The van der Waals surface area contributed by atoms with Crippen molar-refractivity contribution in [2.24, 2.45) is 5.92 Å². The van der Waals surface area contributed by atoms with Crippen molar-refractivity contribution in [2.75, 3.05) is 6.54 Å². The van der Waals surface area contributed by atoms with Gasteiger partial charge >= 0.3 is 0 Å². The first kappa shape index (κ1) is 26.9. The summed E-state index contributed by atoms with van der Waals surface area (Å²) in [6.07, 6.45) is 1.68. The molecule has 0 fully saturated rings. The fraction of sp³-hybridized carbons (Fsp3) is 0.407. The Balaban J connectivity index is 2.01. The van der Waals surface area contributed by atoms with Gasteiger partial charge in [0.15, 0.2) is 5.11 Å². The van der Waals surface area contributed by atoms with E-state index in [1.165, 1.54) is 0 Å². The molecule has 35 heavy (non-hydrogen) atoms. The maximum atomic E-state index is 13.6. The third kappa shape index (κ3) is 7.39. The first-order valence-corrected chi connectivity index (χ1v) is 14.0. The van der Waals surface area contributed by atoms with Crippen molar-refractivity contribution in [1.29, 1.82) is 0 Å². The lowest BCUT2D eigenvalue weighted by molar-refractivity contribution is 0.342. The Bertz CT molecular complexity index is 1240. The van der Waals surface area contributed by atoms with Crippen LogP contribution < -0.4 is 5.32 Å². The van der Waals surface area contributed by atoms with Gasteiger partial charge in [-0.2, -0.15) is 0 Å². The molecule has 0 unspecified atom stereocenters. The maximum Gasteiger partial charge on any atom is 0.228 e. The first-order valence-electron chi connectivity index (χ1n) is 12.0. The van der Waals surface area contributed by atoms with Crippen molar-refractivity contribution in [3.8, 4) is 0 Å². The smallest absolute Gasteiger partial charge is 0.228 e. The van der Waals surface area contributed by atoms with E-state index in [1.807, 2.05) is 66.1 Å². The fourth-order valence-corrected chi connectivity index (χ4v) is 5.90. The zero-order valence-corrected chi connectivity index (χ0v) is 22.9. The van der Waals surface area contributed by atoms with Gasteiger partial charge in [0.25, 0.3) is 0 Å². The number of aromatic nitrogens is 2. The van der Waals surface area contributed by atoms with E-state index in [-0.39, 0.29) is 17.0 Å². The molecule has 0 aliphatic heterocycles. The van der Waals surface area contributed by atoms with Crippen LogP contribution in [0.4, 0.5) is 0 Å². The van der Waals surface area contributed by atoms with Crippen molar-refractivity contribution in [2.45, 2.75) is 64.7 Å². The van der Waals surface area contributed by atoms with Gasteiger partial charge in [-0.15, -0.1) is 0 Å². The van der Waals surface area contributed by atoms with Crippen LogP contribution >= 0.6 is 12.2 Å². The lowest BCUT2D eigenvalue weighted by Gasteiger charge is -2.29. The summed E-state index contributed by atoms with van der Waals surface area (Å²) in [5, 5.41) is 4.07. The number of rotatable bonds is 10. The number of nitrogens with zero attached hydrogens (tertiary/aromatic N) is 3. The molecule has 0 aliphatic rings. The number of benzene rings is 2. The molecule has 0 atom stereocenters. The van der Waals surface area contributed by atoms with Crippen LogP contribution in [0.5, 0.6) is 0 Å². The molecule has 3 rings (SSSR count). The van der Waals surface area contributed by atoms with Gasteiger partial charge in [0.1, 0.15) is 0 Å². The van der Waals surface area contributed by atoms with Gasteiger partial charge in [-0.05, 0) is 55.6 Å². The van der Waals surface area contributed by atoms with Crippen LogP contribution in [-0.2, 0) is 28.7 Å². The highest BCUT2D eigenvalue weighted by atomic mass is 32.2. The molecule has 0 spiro atoms. The Labute approximate surface area is 215 Å².